The molecule has 1 aliphatic rings. The van der Waals surface area contributed by atoms with Gasteiger partial charge in [-0.25, -0.2) is 0 Å². The van der Waals surface area contributed by atoms with Gasteiger partial charge in [0.1, 0.15) is 0 Å². The maximum Gasteiger partial charge on any atom is 0.0928 e. The molecule has 44 valence electrons. The minimum atomic E-state index is 0.781. The summed E-state index contributed by atoms with van der Waals surface area (Å²) in [5.74, 6) is 0. The molecule has 0 amide bonds. The molecule has 0 radical (unpaired) electrons. The maximum atomic E-state index is 4.94. The van der Waals surface area contributed by atoms with E-state index in [1.54, 1.807) is 13.3 Å². The average molecular weight is 111 g/mol. The molecule has 8 heavy (non-hydrogen) atoms. The van der Waals surface area contributed by atoms with Crippen LogP contribution in [0.3, 0.4) is 0 Å². The van der Waals surface area contributed by atoms with Crippen molar-refractivity contribution < 1.29 is 4.74 Å². The molecule has 1 heterocycles. The van der Waals surface area contributed by atoms with Gasteiger partial charge < -0.3 is 4.74 Å². The number of hydrogen-bond acceptors (Lipinski definition) is 2. The molecular weight excluding hydrogens is 102 g/mol. The Labute approximate surface area is 48.9 Å². The van der Waals surface area contributed by atoms with E-state index in [9.17, 15) is 0 Å². The van der Waals surface area contributed by atoms with E-state index in [0.29, 0.717) is 0 Å². The van der Waals surface area contributed by atoms with Gasteiger partial charge in [0.05, 0.1) is 12.9 Å². The lowest BCUT2D eigenvalue weighted by Gasteiger charge is -2.05. The smallest absolute Gasteiger partial charge is 0.0928 e. The molecule has 0 aromatic carbocycles. The van der Waals surface area contributed by atoms with Crippen molar-refractivity contribution in [2.75, 3.05) is 13.7 Å². The lowest BCUT2D eigenvalue weighted by Crippen LogP contribution is -2.04. The van der Waals surface area contributed by atoms with Gasteiger partial charge in [0, 0.05) is 19.2 Å². The van der Waals surface area contributed by atoms with E-state index in [2.05, 4.69) is 4.99 Å². The molecule has 1 rings (SSSR count). The van der Waals surface area contributed by atoms with Gasteiger partial charge in [-0.3, -0.25) is 4.99 Å². The largest absolute Gasteiger partial charge is 0.501 e. The first-order chi connectivity index (χ1) is 3.93. The summed E-state index contributed by atoms with van der Waals surface area (Å²) >= 11 is 0. The van der Waals surface area contributed by atoms with Crippen LogP contribution in [0.5, 0.6) is 0 Å². The minimum absolute atomic E-state index is 0.781. The zero-order chi connectivity index (χ0) is 5.82. The van der Waals surface area contributed by atoms with Crippen molar-refractivity contribution in [2.45, 2.75) is 6.42 Å². The van der Waals surface area contributed by atoms with Crippen LogP contribution in [0.2, 0.25) is 0 Å². The second-order valence-electron chi connectivity index (χ2n) is 1.64. The van der Waals surface area contributed by atoms with Crippen LogP contribution >= 0.6 is 0 Å². The Bertz CT molecular complexity index is 126. The predicted molar refractivity (Wildman–Crippen MR) is 33.1 cm³/mol. The molecule has 0 bridgehead atoms. The number of rotatable bonds is 0. The number of hydrogen-bond donors (Lipinski definition) is 0. The Kier molecular flexibility index (Phi) is 1.67. The minimum Gasteiger partial charge on any atom is -0.501 e. The van der Waals surface area contributed by atoms with Crippen LogP contribution in [0.25, 0.3) is 0 Å². The highest BCUT2D eigenvalue weighted by Crippen LogP contribution is 1.97. The van der Waals surface area contributed by atoms with Gasteiger partial charge in [-0.1, -0.05) is 0 Å². The summed E-state index contributed by atoms with van der Waals surface area (Å²) in [6, 6.07) is 0. The van der Waals surface area contributed by atoms with E-state index in [1.165, 1.54) is 0 Å². The molecule has 1 aliphatic heterocycles. The molecule has 2 nitrogen and oxygen atoms in total. The fourth-order valence-corrected chi connectivity index (χ4v) is 0.628. The first-order valence-corrected chi connectivity index (χ1v) is 2.67. The Morgan fingerprint density at radius 3 is 3.00 bits per heavy atom. The van der Waals surface area contributed by atoms with E-state index in [1.807, 2.05) is 6.08 Å². The highest BCUT2D eigenvalue weighted by atomic mass is 16.5. The number of nitrogens with zero attached hydrogens (tertiary/aromatic N) is 1. The molecule has 0 aromatic heterocycles. The summed E-state index contributed by atoms with van der Waals surface area (Å²) in [4.78, 5) is 4.00. The van der Waals surface area contributed by atoms with Gasteiger partial charge in [0.2, 0.25) is 0 Å². The molecule has 0 N–H and O–H groups in total. The highest BCUT2D eigenvalue weighted by molar-refractivity contribution is 5.95. The standard InChI is InChI=1S/C6H9NO/c1-7-6-2-4-8-5-3-6/h2,4H,3,5H2,1H3. The van der Waals surface area contributed by atoms with Crippen molar-refractivity contribution in [3.8, 4) is 0 Å². The third kappa shape index (κ3) is 1.09. The Hall–Kier alpha value is -0.790. The Morgan fingerprint density at radius 2 is 2.62 bits per heavy atom. The zero-order valence-corrected chi connectivity index (χ0v) is 4.92. The van der Waals surface area contributed by atoms with Crippen molar-refractivity contribution in [1.82, 2.24) is 0 Å². The average Bonchev–Trinajstić information content (AvgIpc) is 1.90. The van der Waals surface area contributed by atoms with Crippen molar-refractivity contribution in [3.63, 3.8) is 0 Å². The van der Waals surface area contributed by atoms with Crippen molar-refractivity contribution >= 4 is 5.71 Å². The van der Waals surface area contributed by atoms with Crippen molar-refractivity contribution in [2.24, 2.45) is 4.99 Å². The number of aliphatic imine (C=N–C) groups is 1. The Morgan fingerprint density at radius 1 is 1.75 bits per heavy atom. The van der Waals surface area contributed by atoms with E-state index in [4.69, 9.17) is 4.74 Å². The molecule has 0 saturated heterocycles. The molecule has 0 spiro atoms. The molecule has 0 aliphatic carbocycles. The van der Waals surface area contributed by atoms with Crippen LogP contribution in [0.4, 0.5) is 0 Å². The van der Waals surface area contributed by atoms with Crippen LogP contribution < -0.4 is 0 Å². The molecule has 0 saturated carbocycles. The molecule has 0 unspecified atom stereocenters. The molecule has 0 fully saturated rings. The lowest BCUT2D eigenvalue weighted by molar-refractivity contribution is 0.254. The van der Waals surface area contributed by atoms with E-state index in [-0.39, 0.29) is 0 Å². The highest BCUT2D eigenvalue weighted by Gasteiger charge is 1.96. The fourth-order valence-electron chi connectivity index (χ4n) is 0.628. The third-order valence-corrected chi connectivity index (χ3v) is 1.12. The zero-order valence-electron chi connectivity index (χ0n) is 4.92. The van der Waals surface area contributed by atoms with Gasteiger partial charge in [-0.2, -0.15) is 0 Å². The van der Waals surface area contributed by atoms with Crippen molar-refractivity contribution in [1.29, 1.82) is 0 Å². The first kappa shape index (κ1) is 5.35. The monoisotopic (exact) mass is 111 g/mol. The van der Waals surface area contributed by atoms with Gasteiger partial charge in [0.25, 0.3) is 0 Å². The van der Waals surface area contributed by atoms with Crippen molar-refractivity contribution in [3.05, 3.63) is 12.3 Å². The molecule has 2 heteroatoms. The quantitative estimate of drug-likeness (QED) is 0.457. The van der Waals surface area contributed by atoms with Crippen LogP contribution in [-0.4, -0.2) is 19.4 Å². The van der Waals surface area contributed by atoms with Gasteiger partial charge in [-0.05, 0) is 6.08 Å². The first-order valence-electron chi connectivity index (χ1n) is 2.67. The SMILES string of the molecule is CN=C1C=COCC1. The van der Waals surface area contributed by atoms with Crippen LogP contribution in [0.1, 0.15) is 6.42 Å². The summed E-state index contributed by atoms with van der Waals surface area (Å²) in [6.07, 6.45) is 4.53. The lowest BCUT2D eigenvalue weighted by atomic mass is 10.2. The third-order valence-electron chi connectivity index (χ3n) is 1.12. The van der Waals surface area contributed by atoms with Crippen LogP contribution in [0.15, 0.2) is 17.3 Å². The second kappa shape index (κ2) is 2.50. The van der Waals surface area contributed by atoms with Gasteiger partial charge in [-0.15, -0.1) is 0 Å². The molecule has 0 atom stereocenters. The Balaban J connectivity index is 2.56. The van der Waals surface area contributed by atoms with E-state index in [0.717, 1.165) is 18.7 Å². The summed E-state index contributed by atoms with van der Waals surface area (Å²) in [5.41, 5.74) is 1.12. The molecule has 0 aromatic rings. The van der Waals surface area contributed by atoms with E-state index < -0.39 is 0 Å². The topological polar surface area (TPSA) is 21.6 Å². The number of allylic oxidation sites excluding steroid dienone is 1. The van der Waals surface area contributed by atoms with Gasteiger partial charge in [0.15, 0.2) is 0 Å². The van der Waals surface area contributed by atoms with Gasteiger partial charge >= 0.3 is 0 Å². The fraction of sp³-hybridized carbons (Fsp3) is 0.500. The summed E-state index contributed by atoms with van der Waals surface area (Å²) < 4.78 is 4.94. The summed E-state index contributed by atoms with van der Waals surface area (Å²) in [7, 11) is 1.80. The number of ether oxygens (including phenoxy) is 1. The summed E-state index contributed by atoms with van der Waals surface area (Å²) in [5, 5.41) is 0. The normalized spacial score (nSPS) is 23.4. The molecular formula is C6H9NO. The second-order valence-corrected chi connectivity index (χ2v) is 1.64. The maximum absolute atomic E-state index is 4.94. The predicted octanol–water partition coefficient (Wildman–Crippen LogP) is 0.991. The van der Waals surface area contributed by atoms with E-state index >= 15 is 0 Å². The summed E-state index contributed by atoms with van der Waals surface area (Å²) in [6.45, 7) is 0.781. The van der Waals surface area contributed by atoms with Crippen LogP contribution in [0, 0.1) is 0 Å². The van der Waals surface area contributed by atoms with Crippen LogP contribution in [-0.2, 0) is 4.74 Å².